The Morgan fingerprint density at radius 3 is 2.50 bits per heavy atom. The summed E-state index contributed by atoms with van der Waals surface area (Å²) >= 11 is 0. The number of carbonyl (C=O) groups is 1. The molecule has 4 aromatic rings. The van der Waals surface area contributed by atoms with E-state index in [2.05, 4.69) is 5.32 Å². The third-order valence-corrected chi connectivity index (χ3v) is 5.56. The van der Waals surface area contributed by atoms with Gasteiger partial charge in [-0.2, -0.15) is 0 Å². The molecule has 0 fully saturated rings. The van der Waals surface area contributed by atoms with Crippen molar-refractivity contribution in [1.82, 2.24) is 5.32 Å². The van der Waals surface area contributed by atoms with E-state index >= 15 is 0 Å². The molecule has 3 aromatic carbocycles. The predicted molar refractivity (Wildman–Crippen MR) is 107 cm³/mol. The van der Waals surface area contributed by atoms with Crippen molar-refractivity contribution in [3.63, 3.8) is 0 Å². The minimum absolute atomic E-state index is 0.0410. The van der Waals surface area contributed by atoms with Crippen molar-refractivity contribution in [2.24, 2.45) is 5.14 Å². The summed E-state index contributed by atoms with van der Waals surface area (Å²) in [5, 5.41) is 11.0. The molecule has 3 N–H and O–H groups in total. The molecule has 142 valence electrons. The number of fused-ring (bicyclic) bond motifs is 3. The average molecular weight is 394 g/mol. The lowest BCUT2D eigenvalue weighted by Gasteiger charge is -2.06. The number of hydrogen-bond acceptors (Lipinski definition) is 4. The van der Waals surface area contributed by atoms with Crippen LogP contribution in [0, 0.1) is 0 Å². The van der Waals surface area contributed by atoms with Gasteiger partial charge in [0.05, 0.1) is 17.6 Å². The Balaban J connectivity index is 1.49. The molecular formula is C21H18N2O4S. The average Bonchev–Trinajstić information content (AvgIpc) is 3.09. The molecule has 0 radical (unpaired) electrons. The van der Waals surface area contributed by atoms with Crippen LogP contribution in [-0.2, 0) is 27.8 Å². The van der Waals surface area contributed by atoms with Crippen LogP contribution >= 0.6 is 0 Å². The molecule has 0 aliphatic carbocycles. The van der Waals surface area contributed by atoms with E-state index in [4.69, 9.17) is 9.56 Å². The highest BCUT2D eigenvalue weighted by atomic mass is 32.2. The Labute approximate surface area is 162 Å². The minimum Gasteiger partial charge on any atom is -0.464 e. The topological polar surface area (TPSA) is 102 Å². The Hall–Kier alpha value is -3.16. The smallest absolute Gasteiger partial charge is 0.238 e. The van der Waals surface area contributed by atoms with Gasteiger partial charge >= 0.3 is 0 Å². The van der Waals surface area contributed by atoms with Crippen molar-refractivity contribution in [1.29, 1.82) is 0 Å². The maximum atomic E-state index is 12.4. The summed E-state index contributed by atoms with van der Waals surface area (Å²) in [6, 6.07) is 18.0. The molecule has 1 amide bonds. The molecule has 0 aliphatic heterocycles. The number of carbonyl (C=O) groups excluding carboxylic acids is 1. The van der Waals surface area contributed by atoms with Gasteiger partial charge in [-0.15, -0.1) is 0 Å². The first-order chi connectivity index (χ1) is 13.4. The summed E-state index contributed by atoms with van der Waals surface area (Å²) in [7, 11) is -3.72. The van der Waals surface area contributed by atoms with Crippen molar-refractivity contribution in [3.8, 4) is 0 Å². The van der Waals surface area contributed by atoms with Crippen molar-refractivity contribution in [2.75, 3.05) is 0 Å². The summed E-state index contributed by atoms with van der Waals surface area (Å²) < 4.78 is 28.2. The molecule has 0 bridgehead atoms. The molecule has 0 aliphatic rings. The predicted octanol–water partition coefficient (Wildman–Crippen LogP) is 3.09. The molecule has 4 rings (SSSR count). The fraction of sp³-hybridized carbons (Fsp3) is 0.0952. The zero-order valence-electron chi connectivity index (χ0n) is 14.9. The molecule has 7 heteroatoms. The molecule has 0 saturated carbocycles. The van der Waals surface area contributed by atoms with Crippen LogP contribution in [0.4, 0.5) is 0 Å². The fourth-order valence-electron chi connectivity index (χ4n) is 3.24. The van der Waals surface area contributed by atoms with Crippen LogP contribution in [-0.4, -0.2) is 14.3 Å². The largest absolute Gasteiger partial charge is 0.464 e. The number of amides is 1. The van der Waals surface area contributed by atoms with Gasteiger partial charge in [0.2, 0.25) is 15.9 Å². The standard InChI is InChI=1S/C21H18N2O4S/c22-28(25,26)17-8-5-14(6-9-17)12-23-20(24)11-16-13-27-19-10-7-15-3-1-2-4-18(15)21(16)19/h1-10,13H,11-12H2,(H,23,24)(H2,22,25,26). The Kier molecular flexibility index (Phi) is 4.62. The van der Waals surface area contributed by atoms with Crippen LogP contribution in [0.1, 0.15) is 11.1 Å². The van der Waals surface area contributed by atoms with Crippen molar-refractivity contribution >= 4 is 37.7 Å². The number of rotatable bonds is 5. The third kappa shape index (κ3) is 3.62. The van der Waals surface area contributed by atoms with E-state index in [0.29, 0.717) is 6.54 Å². The van der Waals surface area contributed by atoms with E-state index < -0.39 is 10.0 Å². The van der Waals surface area contributed by atoms with E-state index in [1.165, 1.54) is 12.1 Å². The number of furan rings is 1. The number of sulfonamides is 1. The molecule has 0 unspecified atom stereocenters. The molecular weight excluding hydrogens is 376 g/mol. The van der Waals surface area contributed by atoms with Gasteiger partial charge in [-0.25, -0.2) is 13.6 Å². The minimum atomic E-state index is -3.72. The molecule has 0 spiro atoms. The zero-order valence-corrected chi connectivity index (χ0v) is 15.7. The molecule has 0 atom stereocenters. The first kappa shape index (κ1) is 18.2. The van der Waals surface area contributed by atoms with Crippen LogP contribution in [0.5, 0.6) is 0 Å². The maximum absolute atomic E-state index is 12.4. The summed E-state index contributed by atoms with van der Waals surface area (Å²) in [5.41, 5.74) is 2.36. The highest BCUT2D eigenvalue weighted by Crippen LogP contribution is 2.30. The molecule has 1 aromatic heterocycles. The molecule has 1 heterocycles. The number of hydrogen-bond donors (Lipinski definition) is 2. The van der Waals surface area contributed by atoms with E-state index in [-0.39, 0.29) is 17.2 Å². The van der Waals surface area contributed by atoms with E-state index in [1.807, 2.05) is 36.4 Å². The summed E-state index contributed by atoms with van der Waals surface area (Å²) in [5.74, 6) is -0.147. The van der Waals surface area contributed by atoms with Crippen LogP contribution < -0.4 is 10.5 Å². The van der Waals surface area contributed by atoms with Crippen molar-refractivity contribution in [2.45, 2.75) is 17.9 Å². The normalized spacial score (nSPS) is 11.8. The second kappa shape index (κ2) is 7.10. The highest BCUT2D eigenvalue weighted by Gasteiger charge is 2.13. The Morgan fingerprint density at radius 1 is 1.00 bits per heavy atom. The first-order valence-corrected chi connectivity index (χ1v) is 10.2. The van der Waals surface area contributed by atoms with Gasteiger partial charge in [0.25, 0.3) is 0 Å². The van der Waals surface area contributed by atoms with E-state index in [0.717, 1.165) is 32.9 Å². The van der Waals surface area contributed by atoms with Crippen molar-refractivity contribution < 1.29 is 17.6 Å². The number of benzene rings is 3. The van der Waals surface area contributed by atoms with E-state index in [1.54, 1.807) is 18.4 Å². The molecule has 0 saturated heterocycles. The van der Waals surface area contributed by atoms with Gasteiger partial charge in [-0.05, 0) is 34.5 Å². The highest BCUT2D eigenvalue weighted by molar-refractivity contribution is 7.89. The van der Waals surface area contributed by atoms with Gasteiger partial charge < -0.3 is 9.73 Å². The quantitative estimate of drug-likeness (QED) is 0.543. The lowest BCUT2D eigenvalue weighted by Crippen LogP contribution is -2.24. The fourth-order valence-corrected chi connectivity index (χ4v) is 3.75. The number of nitrogens with one attached hydrogen (secondary N) is 1. The van der Waals surface area contributed by atoms with Gasteiger partial charge in [-0.3, -0.25) is 4.79 Å². The number of primary sulfonamides is 1. The second-order valence-electron chi connectivity index (χ2n) is 6.56. The third-order valence-electron chi connectivity index (χ3n) is 4.63. The lowest BCUT2D eigenvalue weighted by atomic mass is 10.0. The molecule has 28 heavy (non-hydrogen) atoms. The van der Waals surface area contributed by atoms with Gasteiger partial charge in [0, 0.05) is 17.5 Å². The van der Waals surface area contributed by atoms with Gasteiger partial charge in [-0.1, -0.05) is 42.5 Å². The van der Waals surface area contributed by atoms with Crippen LogP contribution in [0.2, 0.25) is 0 Å². The first-order valence-electron chi connectivity index (χ1n) is 8.68. The Morgan fingerprint density at radius 2 is 1.75 bits per heavy atom. The summed E-state index contributed by atoms with van der Waals surface area (Å²) in [4.78, 5) is 12.5. The van der Waals surface area contributed by atoms with Gasteiger partial charge in [0.1, 0.15) is 5.58 Å². The van der Waals surface area contributed by atoms with Crippen LogP contribution in [0.25, 0.3) is 21.7 Å². The van der Waals surface area contributed by atoms with E-state index in [9.17, 15) is 13.2 Å². The Bertz CT molecular complexity index is 1280. The summed E-state index contributed by atoms with van der Waals surface area (Å²) in [6.45, 7) is 0.292. The lowest BCUT2D eigenvalue weighted by molar-refractivity contribution is -0.120. The second-order valence-corrected chi connectivity index (χ2v) is 8.12. The van der Waals surface area contributed by atoms with Crippen LogP contribution in [0.15, 0.2) is 76.2 Å². The zero-order chi connectivity index (χ0) is 19.7. The van der Waals surface area contributed by atoms with Crippen LogP contribution in [0.3, 0.4) is 0 Å². The summed E-state index contributed by atoms with van der Waals surface area (Å²) in [6.07, 6.45) is 1.81. The SMILES string of the molecule is NS(=O)(=O)c1ccc(CNC(=O)Cc2coc3ccc4ccccc4c23)cc1. The molecule has 6 nitrogen and oxygen atoms in total. The maximum Gasteiger partial charge on any atom is 0.238 e. The van der Waals surface area contributed by atoms with Crippen molar-refractivity contribution in [3.05, 3.63) is 78.1 Å². The van der Waals surface area contributed by atoms with Gasteiger partial charge in [0.15, 0.2) is 0 Å². The number of nitrogens with two attached hydrogens (primary N) is 1. The monoisotopic (exact) mass is 394 g/mol.